The predicted octanol–water partition coefficient (Wildman–Crippen LogP) is 0.655. The Kier molecular flexibility index (Phi) is 2.28. The Balaban J connectivity index is 1.98. The molecular formula is C10H18N2O. The van der Waals surface area contributed by atoms with Gasteiger partial charge in [-0.2, -0.15) is 0 Å². The van der Waals surface area contributed by atoms with Crippen LogP contribution in [-0.2, 0) is 4.79 Å². The third kappa shape index (κ3) is 1.70. The van der Waals surface area contributed by atoms with Crippen molar-refractivity contribution < 1.29 is 4.79 Å². The van der Waals surface area contributed by atoms with Gasteiger partial charge < -0.3 is 10.6 Å². The molecular weight excluding hydrogens is 164 g/mol. The topological polar surface area (TPSA) is 41.1 Å². The molecule has 2 rings (SSSR count). The summed E-state index contributed by atoms with van der Waals surface area (Å²) < 4.78 is 0. The third-order valence-corrected chi connectivity index (χ3v) is 3.56. The summed E-state index contributed by atoms with van der Waals surface area (Å²) in [6.07, 6.45) is 5.35. The Labute approximate surface area is 79.3 Å². The maximum atomic E-state index is 11.0. The zero-order valence-corrected chi connectivity index (χ0v) is 8.23. The van der Waals surface area contributed by atoms with E-state index in [9.17, 15) is 4.79 Å². The fourth-order valence-electron chi connectivity index (χ4n) is 2.54. The number of piperazine rings is 1. The maximum absolute atomic E-state index is 11.0. The normalized spacial score (nSPS) is 36.2. The van der Waals surface area contributed by atoms with E-state index in [2.05, 4.69) is 17.6 Å². The average Bonchev–Trinajstić information content (AvgIpc) is 2.63. The molecule has 13 heavy (non-hydrogen) atoms. The van der Waals surface area contributed by atoms with Gasteiger partial charge in [-0.25, -0.2) is 0 Å². The lowest BCUT2D eigenvalue weighted by atomic mass is 9.83. The minimum atomic E-state index is 0.135. The first kappa shape index (κ1) is 9.00. The SMILES string of the molecule is CC1(C2CCCC2)CNC(=O)CN1. The highest BCUT2D eigenvalue weighted by Gasteiger charge is 2.38. The quantitative estimate of drug-likeness (QED) is 0.625. The van der Waals surface area contributed by atoms with E-state index < -0.39 is 0 Å². The Morgan fingerprint density at radius 3 is 2.62 bits per heavy atom. The monoisotopic (exact) mass is 182 g/mol. The fourth-order valence-corrected chi connectivity index (χ4v) is 2.54. The first-order chi connectivity index (χ1) is 6.21. The summed E-state index contributed by atoms with van der Waals surface area (Å²) in [4.78, 5) is 11.0. The number of rotatable bonds is 1. The molecule has 74 valence electrons. The van der Waals surface area contributed by atoms with E-state index in [0.717, 1.165) is 12.5 Å². The number of carbonyl (C=O) groups is 1. The van der Waals surface area contributed by atoms with Crippen molar-refractivity contribution in [1.82, 2.24) is 10.6 Å². The van der Waals surface area contributed by atoms with Crippen LogP contribution < -0.4 is 10.6 Å². The van der Waals surface area contributed by atoms with Crippen LogP contribution in [0.1, 0.15) is 32.6 Å². The highest BCUT2D eigenvalue weighted by Crippen LogP contribution is 2.34. The highest BCUT2D eigenvalue weighted by molar-refractivity contribution is 5.79. The van der Waals surface area contributed by atoms with E-state index in [1.807, 2.05) is 0 Å². The Bertz CT molecular complexity index is 199. The molecule has 1 amide bonds. The summed E-state index contributed by atoms with van der Waals surface area (Å²) in [5, 5.41) is 6.32. The van der Waals surface area contributed by atoms with Crippen molar-refractivity contribution in [2.45, 2.75) is 38.1 Å². The summed E-state index contributed by atoms with van der Waals surface area (Å²) in [7, 11) is 0. The van der Waals surface area contributed by atoms with Crippen LogP contribution in [0.2, 0.25) is 0 Å². The molecule has 1 atom stereocenters. The van der Waals surface area contributed by atoms with Crippen LogP contribution in [0.3, 0.4) is 0 Å². The Morgan fingerprint density at radius 1 is 1.38 bits per heavy atom. The van der Waals surface area contributed by atoms with E-state index in [1.54, 1.807) is 0 Å². The minimum Gasteiger partial charge on any atom is -0.353 e. The van der Waals surface area contributed by atoms with Crippen LogP contribution >= 0.6 is 0 Å². The van der Waals surface area contributed by atoms with Gasteiger partial charge in [0.25, 0.3) is 0 Å². The lowest BCUT2D eigenvalue weighted by molar-refractivity contribution is -0.123. The van der Waals surface area contributed by atoms with Crippen LogP contribution in [0.15, 0.2) is 0 Å². The molecule has 0 aromatic carbocycles. The Hall–Kier alpha value is -0.570. The molecule has 1 unspecified atom stereocenters. The van der Waals surface area contributed by atoms with Crippen LogP contribution in [0.25, 0.3) is 0 Å². The molecule has 1 saturated carbocycles. The summed E-state index contributed by atoms with van der Waals surface area (Å²) >= 11 is 0. The van der Waals surface area contributed by atoms with Crippen molar-refractivity contribution in [3.8, 4) is 0 Å². The van der Waals surface area contributed by atoms with Crippen LogP contribution in [-0.4, -0.2) is 24.5 Å². The number of hydrogen-bond acceptors (Lipinski definition) is 2. The maximum Gasteiger partial charge on any atom is 0.234 e. The van der Waals surface area contributed by atoms with E-state index in [1.165, 1.54) is 25.7 Å². The van der Waals surface area contributed by atoms with Gasteiger partial charge in [-0.3, -0.25) is 4.79 Å². The summed E-state index contributed by atoms with van der Waals surface area (Å²) in [6, 6.07) is 0. The number of carbonyl (C=O) groups excluding carboxylic acids is 1. The van der Waals surface area contributed by atoms with Crippen LogP contribution in [0.5, 0.6) is 0 Å². The molecule has 2 aliphatic rings. The zero-order valence-electron chi connectivity index (χ0n) is 8.23. The van der Waals surface area contributed by atoms with Crippen molar-refractivity contribution >= 4 is 5.91 Å². The molecule has 0 aromatic rings. The smallest absolute Gasteiger partial charge is 0.234 e. The molecule has 1 saturated heterocycles. The van der Waals surface area contributed by atoms with Crippen molar-refractivity contribution in [1.29, 1.82) is 0 Å². The van der Waals surface area contributed by atoms with Gasteiger partial charge in [-0.1, -0.05) is 12.8 Å². The van der Waals surface area contributed by atoms with Gasteiger partial charge >= 0.3 is 0 Å². The van der Waals surface area contributed by atoms with E-state index in [0.29, 0.717) is 6.54 Å². The van der Waals surface area contributed by atoms with Gasteiger partial charge in [0, 0.05) is 12.1 Å². The summed E-state index contributed by atoms with van der Waals surface area (Å²) in [5.41, 5.74) is 0.157. The van der Waals surface area contributed by atoms with Crippen LogP contribution in [0.4, 0.5) is 0 Å². The van der Waals surface area contributed by atoms with E-state index in [-0.39, 0.29) is 11.4 Å². The van der Waals surface area contributed by atoms with Gasteiger partial charge in [0.05, 0.1) is 6.54 Å². The molecule has 1 aliphatic carbocycles. The van der Waals surface area contributed by atoms with E-state index in [4.69, 9.17) is 0 Å². The lowest BCUT2D eigenvalue weighted by Crippen LogP contribution is -2.62. The van der Waals surface area contributed by atoms with Gasteiger partial charge in [0.15, 0.2) is 0 Å². The molecule has 0 aromatic heterocycles. The number of hydrogen-bond donors (Lipinski definition) is 2. The molecule has 2 fully saturated rings. The fraction of sp³-hybridized carbons (Fsp3) is 0.900. The molecule has 1 aliphatic heterocycles. The average molecular weight is 182 g/mol. The minimum absolute atomic E-state index is 0.135. The zero-order chi connectivity index (χ0) is 9.31. The van der Waals surface area contributed by atoms with E-state index >= 15 is 0 Å². The summed E-state index contributed by atoms with van der Waals surface area (Å²) in [6.45, 7) is 3.53. The number of amides is 1. The third-order valence-electron chi connectivity index (χ3n) is 3.56. The van der Waals surface area contributed by atoms with Crippen molar-refractivity contribution in [2.75, 3.05) is 13.1 Å². The lowest BCUT2D eigenvalue weighted by Gasteiger charge is -2.40. The van der Waals surface area contributed by atoms with Crippen molar-refractivity contribution in [3.63, 3.8) is 0 Å². The Morgan fingerprint density at radius 2 is 2.08 bits per heavy atom. The van der Waals surface area contributed by atoms with Crippen molar-refractivity contribution in [2.24, 2.45) is 5.92 Å². The standard InChI is InChI=1S/C10H18N2O/c1-10(8-4-2-3-5-8)7-11-9(13)6-12-10/h8,12H,2-7H2,1H3,(H,11,13). The molecule has 3 heteroatoms. The van der Waals surface area contributed by atoms with Gasteiger partial charge in [-0.15, -0.1) is 0 Å². The molecule has 0 radical (unpaired) electrons. The predicted molar refractivity (Wildman–Crippen MR) is 51.4 cm³/mol. The highest BCUT2D eigenvalue weighted by atomic mass is 16.2. The van der Waals surface area contributed by atoms with Crippen LogP contribution in [0, 0.1) is 5.92 Å². The second-order valence-corrected chi connectivity index (χ2v) is 4.53. The molecule has 1 heterocycles. The first-order valence-electron chi connectivity index (χ1n) is 5.22. The first-order valence-corrected chi connectivity index (χ1v) is 5.22. The molecule has 0 bridgehead atoms. The summed E-state index contributed by atoms with van der Waals surface area (Å²) in [5.74, 6) is 0.892. The second-order valence-electron chi connectivity index (χ2n) is 4.53. The van der Waals surface area contributed by atoms with Gasteiger partial charge in [-0.05, 0) is 25.7 Å². The molecule has 0 spiro atoms. The molecule has 3 nitrogen and oxygen atoms in total. The van der Waals surface area contributed by atoms with Gasteiger partial charge in [0.1, 0.15) is 0 Å². The largest absolute Gasteiger partial charge is 0.353 e. The molecule has 2 N–H and O–H groups in total. The number of nitrogens with one attached hydrogen (secondary N) is 2. The van der Waals surface area contributed by atoms with Gasteiger partial charge in [0.2, 0.25) is 5.91 Å². The second kappa shape index (κ2) is 3.29. The van der Waals surface area contributed by atoms with Crippen molar-refractivity contribution in [3.05, 3.63) is 0 Å².